The first-order valence-corrected chi connectivity index (χ1v) is 11.7. The molecular formula is C31H28O6. The van der Waals surface area contributed by atoms with Crippen molar-refractivity contribution in [2.24, 2.45) is 0 Å². The Bertz CT molecular complexity index is 1280. The van der Waals surface area contributed by atoms with Crippen LogP contribution in [0.1, 0.15) is 45.7 Å². The molecule has 37 heavy (non-hydrogen) atoms. The number of rotatable bonds is 8. The molecule has 0 saturated heterocycles. The fourth-order valence-electron chi connectivity index (χ4n) is 3.88. The second-order valence-corrected chi connectivity index (χ2v) is 8.92. The number of benzene rings is 4. The fourth-order valence-corrected chi connectivity index (χ4v) is 3.88. The van der Waals surface area contributed by atoms with E-state index >= 15 is 0 Å². The molecule has 6 heteroatoms. The van der Waals surface area contributed by atoms with Crippen LogP contribution in [0, 0.1) is 0 Å². The minimum absolute atomic E-state index is 0.343. The normalized spacial score (nSPS) is 10.9. The summed E-state index contributed by atoms with van der Waals surface area (Å²) in [5, 5.41) is 0. The monoisotopic (exact) mass is 496 g/mol. The van der Waals surface area contributed by atoms with Crippen molar-refractivity contribution in [2.45, 2.75) is 19.3 Å². The zero-order chi connectivity index (χ0) is 26.4. The fraction of sp³-hybridized carbons (Fsp3) is 0.161. The summed E-state index contributed by atoms with van der Waals surface area (Å²) in [7, 11) is 3.10. The number of ether oxygens (including phenoxy) is 4. The molecule has 0 unspecified atom stereocenters. The predicted octanol–water partition coefficient (Wildman–Crippen LogP) is 6.47. The van der Waals surface area contributed by atoms with Gasteiger partial charge in [0, 0.05) is 5.41 Å². The molecule has 0 radical (unpaired) electrons. The van der Waals surface area contributed by atoms with E-state index in [0.29, 0.717) is 34.1 Å². The van der Waals surface area contributed by atoms with E-state index in [0.717, 1.165) is 11.1 Å². The molecule has 0 heterocycles. The van der Waals surface area contributed by atoms with Gasteiger partial charge >= 0.3 is 11.9 Å². The summed E-state index contributed by atoms with van der Waals surface area (Å²) in [5.41, 5.74) is 2.56. The van der Waals surface area contributed by atoms with Crippen LogP contribution in [0.2, 0.25) is 0 Å². The summed E-state index contributed by atoms with van der Waals surface area (Å²) in [6.07, 6.45) is 0. The summed E-state index contributed by atoms with van der Waals surface area (Å²) >= 11 is 0. The molecule has 188 valence electrons. The van der Waals surface area contributed by atoms with Gasteiger partial charge in [-0.2, -0.15) is 0 Å². The van der Waals surface area contributed by atoms with Crippen LogP contribution in [0.25, 0.3) is 0 Å². The highest BCUT2D eigenvalue weighted by Crippen LogP contribution is 2.33. The molecule has 4 aromatic carbocycles. The standard InChI is InChI=1S/C31H28O6/c1-31(2,23-11-15-25(16-12-23)36-29(32)21-7-5-9-27(19-21)34-3)24-13-17-26(18-14-24)37-30(33)22-8-6-10-28(20-22)35-4/h5-20H,1-4H3. The third kappa shape index (κ3) is 5.98. The van der Waals surface area contributed by atoms with Gasteiger partial charge in [-0.3, -0.25) is 0 Å². The molecule has 0 atom stereocenters. The van der Waals surface area contributed by atoms with Gasteiger partial charge in [0.2, 0.25) is 0 Å². The van der Waals surface area contributed by atoms with Crippen LogP contribution in [-0.4, -0.2) is 26.2 Å². The Morgan fingerprint density at radius 2 is 0.919 bits per heavy atom. The van der Waals surface area contributed by atoms with Crippen molar-refractivity contribution >= 4 is 11.9 Å². The van der Waals surface area contributed by atoms with Gasteiger partial charge in [-0.25, -0.2) is 9.59 Å². The van der Waals surface area contributed by atoms with Crippen LogP contribution in [0.5, 0.6) is 23.0 Å². The summed E-state index contributed by atoms with van der Waals surface area (Å²) < 4.78 is 21.4. The number of hydrogen-bond acceptors (Lipinski definition) is 6. The number of carbonyl (C=O) groups excluding carboxylic acids is 2. The summed E-state index contributed by atoms with van der Waals surface area (Å²) in [4.78, 5) is 25.0. The van der Waals surface area contributed by atoms with E-state index in [9.17, 15) is 9.59 Å². The van der Waals surface area contributed by atoms with Crippen LogP contribution < -0.4 is 18.9 Å². The SMILES string of the molecule is COc1cccc(C(=O)Oc2ccc(C(C)(C)c3ccc(OC(=O)c4cccc(OC)c4)cc3)cc2)c1. The van der Waals surface area contributed by atoms with Gasteiger partial charge in [0.15, 0.2) is 0 Å². The number of esters is 2. The first kappa shape index (κ1) is 25.5. The minimum atomic E-state index is -0.454. The van der Waals surface area contributed by atoms with Gasteiger partial charge in [0.25, 0.3) is 0 Å². The topological polar surface area (TPSA) is 71.1 Å². The largest absolute Gasteiger partial charge is 0.497 e. The van der Waals surface area contributed by atoms with E-state index < -0.39 is 11.9 Å². The molecule has 0 spiro atoms. The van der Waals surface area contributed by atoms with Gasteiger partial charge in [0.05, 0.1) is 25.3 Å². The van der Waals surface area contributed by atoms with E-state index in [-0.39, 0.29) is 5.41 Å². The summed E-state index contributed by atoms with van der Waals surface area (Å²) in [6, 6.07) is 28.5. The Morgan fingerprint density at radius 3 is 1.27 bits per heavy atom. The summed E-state index contributed by atoms with van der Waals surface area (Å²) in [6.45, 7) is 4.20. The Kier molecular flexibility index (Phi) is 7.58. The third-order valence-corrected chi connectivity index (χ3v) is 6.18. The average Bonchev–Trinajstić information content (AvgIpc) is 2.93. The van der Waals surface area contributed by atoms with Crippen molar-refractivity contribution in [3.63, 3.8) is 0 Å². The first-order valence-electron chi connectivity index (χ1n) is 11.7. The summed E-state index contributed by atoms with van der Waals surface area (Å²) in [5.74, 6) is 1.18. The van der Waals surface area contributed by atoms with Crippen molar-refractivity contribution in [1.29, 1.82) is 0 Å². The van der Waals surface area contributed by atoms with Crippen molar-refractivity contribution < 1.29 is 28.5 Å². The Hall–Kier alpha value is -4.58. The molecule has 0 bridgehead atoms. The maximum absolute atomic E-state index is 12.5. The highest BCUT2D eigenvalue weighted by Gasteiger charge is 2.23. The van der Waals surface area contributed by atoms with Crippen LogP contribution >= 0.6 is 0 Å². The molecule has 0 fully saturated rings. The highest BCUT2D eigenvalue weighted by molar-refractivity contribution is 5.92. The van der Waals surface area contributed by atoms with E-state index in [2.05, 4.69) is 13.8 Å². The van der Waals surface area contributed by atoms with Crippen molar-refractivity contribution in [3.8, 4) is 23.0 Å². The lowest BCUT2D eigenvalue weighted by Crippen LogP contribution is -2.19. The Labute approximate surface area is 216 Å². The molecule has 0 amide bonds. The zero-order valence-corrected chi connectivity index (χ0v) is 21.2. The van der Waals surface area contributed by atoms with Crippen molar-refractivity contribution in [3.05, 3.63) is 119 Å². The number of hydrogen-bond donors (Lipinski definition) is 0. The average molecular weight is 497 g/mol. The first-order chi connectivity index (χ1) is 17.8. The Balaban J connectivity index is 1.43. The molecule has 0 saturated carbocycles. The maximum Gasteiger partial charge on any atom is 0.343 e. The molecule has 0 aliphatic carbocycles. The van der Waals surface area contributed by atoms with Crippen LogP contribution in [0.15, 0.2) is 97.1 Å². The van der Waals surface area contributed by atoms with E-state index in [1.807, 2.05) is 24.3 Å². The van der Waals surface area contributed by atoms with Crippen molar-refractivity contribution in [2.75, 3.05) is 14.2 Å². The molecule has 0 N–H and O–H groups in total. The van der Waals surface area contributed by atoms with Crippen LogP contribution in [0.4, 0.5) is 0 Å². The molecule has 4 rings (SSSR count). The third-order valence-electron chi connectivity index (χ3n) is 6.18. The van der Waals surface area contributed by atoms with Gasteiger partial charge in [0.1, 0.15) is 23.0 Å². The molecular weight excluding hydrogens is 468 g/mol. The molecule has 0 aliphatic heterocycles. The quantitative estimate of drug-likeness (QED) is 0.206. The van der Waals surface area contributed by atoms with Gasteiger partial charge < -0.3 is 18.9 Å². The maximum atomic E-state index is 12.5. The number of methoxy groups -OCH3 is 2. The van der Waals surface area contributed by atoms with E-state index in [1.54, 1.807) is 87.0 Å². The predicted molar refractivity (Wildman–Crippen MR) is 141 cm³/mol. The minimum Gasteiger partial charge on any atom is -0.497 e. The molecule has 0 aliphatic rings. The lowest BCUT2D eigenvalue weighted by atomic mass is 9.78. The zero-order valence-electron chi connectivity index (χ0n) is 21.2. The van der Waals surface area contributed by atoms with Crippen LogP contribution in [-0.2, 0) is 5.41 Å². The second-order valence-electron chi connectivity index (χ2n) is 8.92. The lowest BCUT2D eigenvalue weighted by molar-refractivity contribution is 0.0725. The van der Waals surface area contributed by atoms with Gasteiger partial charge in [-0.05, 0) is 71.8 Å². The van der Waals surface area contributed by atoms with Crippen LogP contribution in [0.3, 0.4) is 0 Å². The second kappa shape index (κ2) is 11.0. The molecule has 4 aromatic rings. The lowest BCUT2D eigenvalue weighted by Gasteiger charge is -2.26. The van der Waals surface area contributed by atoms with E-state index in [4.69, 9.17) is 18.9 Å². The van der Waals surface area contributed by atoms with E-state index in [1.165, 1.54) is 0 Å². The molecule has 6 nitrogen and oxygen atoms in total. The van der Waals surface area contributed by atoms with Crippen molar-refractivity contribution in [1.82, 2.24) is 0 Å². The van der Waals surface area contributed by atoms with Gasteiger partial charge in [-0.1, -0.05) is 50.2 Å². The number of carbonyl (C=O) groups is 2. The van der Waals surface area contributed by atoms with Gasteiger partial charge in [-0.15, -0.1) is 0 Å². The molecule has 0 aromatic heterocycles. The highest BCUT2D eigenvalue weighted by atomic mass is 16.5. The smallest absolute Gasteiger partial charge is 0.343 e. The Morgan fingerprint density at radius 1 is 0.541 bits per heavy atom.